The van der Waals surface area contributed by atoms with Crippen LogP contribution in [0.5, 0.6) is 0 Å². The Labute approximate surface area is 163 Å². The molecule has 1 atom stereocenters. The third-order valence-corrected chi connectivity index (χ3v) is 6.98. The van der Waals surface area contributed by atoms with Crippen LogP contribution < -0.4 is 5.32 Å². The van der Waals surface area contributed by atoms with E-state index in [1.54, 1.807) is 0 Å². The molecule has 1 aliphatic carbocycles. The first-order valence-electron chi connectivity index (χ1n) is 10.3. The summed E-state index contributed by atoms with van der Waals surface area (Å²) in [4.78, 5) is 16.0. The summed E-state index contributed by atoms with van der Waals surface area (Å²) in [7, 11) is 0. The molecule has 2 aliphatic heterocycles. The van der Waals surface area contributed by atoms with E-state index in [2.05, 4.69) is 73.5 Å². The van der Waals surface area contributed by atoms with Crippen molar-refractivity contribution in [3.05, 3.63) is 59.7 Å². The Morgan fingerprint density at radius 3 is 2.48 bits per heavy atom. The predicted octanol–water partition coefficient (Wildman–Crippen LogP) is 4.07. The number of nitrogens with zero attached hydrogens (tertiary/aromatic N) is 1. The second-order valence-electron chi connectivity index (χ2n) is 9.39. The Hall–Kier alpha value is -1.87. The molecule has 0 saturated carbocycles. The monoisotopic (exact) mass is 364 g/mol. The molecule has 4 rings (SSSR count). The van der Waals surface area contributed by atoms with Crippen LogP contribution in [-0.4, -0.2) is 37.0 Å². The van der Waals surface area contributed by atoms with Crippen LogP contribution in [0, 0.1) is 10.8 Å². The number of benzene rings is 1. The first-order chi connectivity index (χ1) is 12.9. The SMILES string of the molecule is CC1(C)C=CCC2(C)CN(C(=O)C3(c4ccccc4)CCNCC3)CC=C12. The molecule has 144 valence electrons. The van der Waals surface area contributed by atoms with E-state index in [1.807, 2.05) is 6.07 Å². The lowest BCUT2D eigenvalue weighted by atomic mass is 9.62. The maximum absolute atomic E-state index is 13.9. The molecule has 0 aromatic heterocycles. The number of hydrogen-bond donors (Lipinski definition) is 1. The highest BCUT2D eigenvalue weighted by Gasteiger charge is 2.48. The fourth-order valence-corrected chi connectivity index (χ4v) is 5.63. The van der Waals surface area contributed by atoms with E-state index in [1.165, 1.54) is 11.1 Å². The third kappa shape index (κ3) is 3.06. The van der Waals surface area contributed by atoms with Gasteiger partial charge in [0.15, 0.2) is 0 Å². The van der Waals surface area contributed by atoms with Crippen LogP contribution in [0.25, 0.3) is 0 Å². The molecule has 1 aromatic carbocycles. The number of piperidine rings is 1. The number of rotatable bonds is 2. The molecule has 0 radical (unpaired) electrons. The van der Waals surface area contributed by atoms with Gasteiger partial charge in [-0.2, -0.15) is 0 Å². The number of carbonyl (C=O) groups excluding carboxylic acids is 1. The molecule has 1 amide bonds. The molecule has 3 nitrogen and oxygen atoms in total. The quantitative estimate of drug-likeness (QED) is 0.803. The van der Waals surface area contributed by atoms with Crippen molar-refractivity contribution in [3.63, 3.8) is 0 Å². The summed E-state index contributed by atoms with van der Waals surface area (Å²) < 4.78 is 0. The summed E-state index contributed by atoms with van der Waals surface area (Å²) in [6.07, 6.45) is 9.76. The van der Waals surface area contributed by atoms with Crippen molar-refractivity contribution < 1.29 is 4.79 Å². The van der Waals surface area contributed by atoms with Crippen LogP contribution in [0.3, 0.4) is 0 Å². The highest BCUT2D eigenvalue weighted by molar-refractivity contribution is 5.89. The van der Waals surface area contributed by atoms with E-state index in [0.717, 1.165) is 45.4 Å². The van der Waals surface area contributed by atoms with E-state index < -0.39 is 0 Å². The van der Waals surface area contributed by atoms with Crippen molar-refractivity contribution in [3.8, 4) is 0 Å². The van der Waals surface area contributed by atoms with Gasteiger partial charge in [-0.25, -0.2) is 0 Å². The molecule has 2 heterocycles. The predicted molar refractivity (Wildman–Crippen MR) is 111 cm³/mol. The van der Waals surface area contributed by atoms with Gasteiger partial charge in [0.2, 0.25) is 5.91 Å². The van der Waals surface area contributed by atoms with Crippen LogP contribution in [0.15, 0.2) is 54.1 Å². The van der Waals surface area contributed by atoms with Crippen molar-refractivity contribution in [1.82, 2.24) is 10.2 Å². The zero-order chi connectivity index (χ0) is 19.1. The van der Waals surface area contributed by atoms with Crippen LogP contribution in [-0.2, 0) is 10.2 Å². The first kappa shape index (κ1) is 18.5. The van der Waals surface area contributed by atoms with Crippen LogP contribution >= 0.6 is 0 Å². The average molecular weight is 365 g/mol. The van der Waals surface area contributed by atoms with Gasteiger partial charge < -0.3 is 10.2 Å². The van der Waals surface area contributed by atoms with Crippen molar-refractivity contribution in [2.75, 3.05) is 26.2 Å². The molecule has 1 fully saturated rings. The lowest BCUT2D eigenvalue weighted by Crippen LogP contribution is -2.56. The van der Waals surface area contributed by atoms with E-state index in [0.29, 0.717) is 5.91 Å². The second-order valence-corrected chi connectivity index (χ2v) is 9.39. The Kier molecular flexibility index (Phi) is 4.54. The van der Waals surface area contributed by atoms with Crippen molar-refractivity contribution in [2.24, 2.45) is 10.8 Å². The topological polar surface area (TPSA) is 32.3 Å². The number of allylic oxidation sites excluding steroid dienone is 2. The molecular formula is C24H32N2O. The van der Waals surface area contributed by atoms with Crippen molar-refractivity contribution >= 4 is 5.91 Å². The van der Waals surface area contributed by atoms with Gasteiger partial charge >= 0.3 is 0 Å². The Balaban J connectivity index is 1.67. The van der Waals surface area contributed by atoms with E-state index in [9.17, 15) is 4.79 Å². The smallest absolute Gasteiger partial charge is 0.233 e. The lowest BCUT2D eigenvalue weighted by molar-refractivity contribution is -0.140. The normalized spacial score (nSPS) is 29.0. The minimum atomic E-state index is -0.381. The summed E-state index contributed by atoms with van der Waals surface area (Å²) in [6.45, 7) is 10.3. The Morgan fingerprint density at radius 2 is 1.78 bits per heavy atom. The zero-order valence-electron chi connectivity index (χ0n) is 16.9. The van der Waals surface area contributed by atoms with Crippen LogP contribution in [0.4, 0.5) is 0 Å². The number of fused-ring (bicyclic) bond motifs is 1. The van der Waals surface area contributed by atoms with Crippen LogP contribution in [0.1, 0.15) is 45.6 Å². The standard InChI is InChI=1S/C24H32N2O/c1-22(2)11-7-12-23(3)18-26(17-10-20(22)23)21(27)24(13-15-25-16-14-24)19-8-5-4-6-9-19/h4-11,25H,12-18H2,1-3H3. The summed E-state index contributed by atoms with van der Waals surface area (Å²) in [5.74, 6) is 0.319. The summed E-state index contributed by atoms with van der Waals surface area (Å²) in [6, 6.07) is 10.5. The molecule has 1 aromatic rings. The number of carbonyl (C=O) groups is 1. The Morgan fingerprint density at radius 1 is 1.07 bits per heavy atom. The molecule has 27 heavy (non-hydrogen) atoms. The first-order valence-corrected chi connectivity index (χ1v) is 10.3. The molecule has 1 unspecified atom stereocenters. The largest absolute Gasteiger partial charge is 0.337 e. The number of amides is 1. The molecule has 1 saturated heterocycles. The highest BCUT2D eigenvalue weighted by atomic mass is 16.2. The number of nitrogens with one attached hydrogen (secondary N) is 1. The fraction of sp³-hybridized carbons (Fsp3) is 0.542. The van der Waals surface area contributed by atoms with Crippen molar-refractivity contribution in [1.29, 1.82) is 0 Å². The lowest BCUT2D eigenvalue weighted by Gasteiger charge is -2.50. The van der Waals surface area contributed by atoms with Gasteiger partial charge in [-0.05, 0) is 37.9 Å². The maximum Gasteiger partial charge on any atom is 0.233 e. The molecule has 1 N–H and O–H groups in total. The maximum atomic E-state index is 13.9. The highest BCUT2D eigenvalue weighted by Crippen LogP contribution is 2.50. The molecule has 3 aliphatic rings. The molecule has 3 heteroatoms. The fourth-order valence-electron chi connectivity index (χ4n) is 5.63. The van der Waals surface area contributed by atoms with Gasteiger partial charge in [0.05, 0.1) is 5.41 Å². The van der Waals surface area contributed by atoms with E-state index in [-0.39, 0.29) is 16.2 Å². The summed E-state index contributed by atoms with van der Waals surface area (Å²) in [5, 5.41) is 3.44. The molecule has 0 bridgehead atoms. The number of hydrogen-bond acceptors (Lipinski definition) is 2. The van der Waals surface area contributed by atoms with E-state index in [4.69, 9.17) is 0 Å². The third-order valence-electron chi connectivity index (χ3n) is 6.98. The molecular weight excluding hydrogens is 332 g/mol. The minimum absolute atomic E-state index is 0.0525. The summed E-state index contributed by atoms with van der Waals surface area (Å²) in [5.41, 5.74) is 2.44. The van der Waals surface area contributed by atoms with Gasteiger partial charge in [-0.15, -0.1) is 0 Å². The average Bonchev–Trinajstić information content (AvgIpc) is 2.67. The van der Waals surface area contributed by atoms with Gasteiger partial charge in [0.25, 0.3) is 0 Å². The van der Waals surface area contributed by atoms with Gasteiger partial charge in [0, 0.05) is 23.9 Å². The van der Waals surface area contributed by atoms with E-state index >= 15 is 0 Å². The minimum Gasteiger partial charge on any atom is -0.337 e. The zero-order valence-corrected chi connectivity index (χ0v) is 16.9. The molecule has 0 spiro atoms. The Bertz CT molecular complexity index is 771. The van der Waals surface area contributed by atoms with Gasteiger partial charge in [-0.3, -0.25) is 4.79 Å². The van der Waals surface area contributed by atoms with Gasteiger partial charge in [0.1, 0.15) is 0 Å². The van der Waals surface area contributed by atoms with Crippen LogP contribution in [0.2, 0.25) is 0 Å². The summed E-state index contributed by atoms with van der Waals surface area (Å²) >= 11 is 0. The van der Waals surface area contributed by atoms with Crippen molar-refractivity contribution in [2.45, 2.75) is 45.4 Å². The van der Waals surface area contributed by atoms with Gasteiger partial charge in [-0.1, -0.05) is 74.9 Å². The second kappa shape index (κ2) is 6.63.